The number of hydrogen-bond donors (Lipinski definition) is 1. The minimum atomic E-state index is 0.649. The largest absolute Gasteiger partial charge is 0.397 e. The first-order valence-electron chi connectivity index (χ1n) is 4.77. The van der Waals surface area contributed by atoms with Crippen molar-refractivity contribution in [3.63, 3.8) is 0 Å². The number of anilines is 1. The third-order valence-electron chi connectivity index (χ3n) is 2.01. The van der Waals surface area contributed by atoms with E-state index in [2.05, 4.69) is 25.9 Å². The van der Waals surface area contributed by atoms with Crippen LogP contribution in [0.25, 0.3) is 5.70 Å². The van der Waals surface area contributed by atoms with Crippen LogP contribution in [-0.2, 0) is 0 Å². The molecule has 4 nitrogen and oxygen atoms in total. The maximum atomic E-state index is 5.99. The molecule has 1 heterocycles. The van der Waals surface area contributed by atoms with E-state index >= 15 is 0 Å². The van der Waals surface area contributed by atoms with Gasteiger partial charge in [-0.2, -0.15) is 0 Å². The lowest BCUT2D eigenvalue weighted by molar-refractivity contribution is 1.07. The van der Waals surface area contributed by atoms with E-state index in [1.54, 1.807) is 19.5 Å². The van der Waals surface area contributed by atoms with Crippen molar-refractivity contribution in [1.29, 1.82) is 0 Å². The van der Waals surface area contributed by atoms with Gasteiger partial charge in [-0.15, -0.1) is 0 Å². The molecule has 5 heteroatoms. The number of aliphatic imine (C=N–C) groups is 1. The van der Waals surface area contributed by atoms with E-state index in [1.165, 1.54) is 0 Å². The summed E-state index contributed by atoms with van der Waals surface area (Å²) in [7, 11) is 5.58. The van der Waals surface area contributed by atoms with Crippen molar-refractivity contribution in [3.05, 3.63) is 28.4 Å². The smallest absolute Gasteiger partial charge is 0.128 e. The average molecular weight is 283 g/mol. The van der Waals surface area contributed by atoms with Crippen molar-refractivity contribution < 1.29 is 0 Å². The second kappa shape index (κ2) is 5.65. The SMILES string of the molecule is CN=CC(Br)=C(N)c1ccnc(N(C)C)c1. The third kappa shape index (κ3) is 3.06. The second-order valence-corrected chi connectivity index (χ2v) is 4.30. The monoisotopic (exact) mass is 282 g/mol. The van der Waals surface area contributed by atoms with Gasteiger partial charge < -0.3 is 10.6 Å². The van der Waals surface area contributed by atoms with Gasteiger partial charge in [0.25, 0.3) is 0 Å². The summed E-state index contributed by atoms with van der Waals surface area (Å²) in [5, 5.41) is 0. The number of hydrogen-bond acceptors (Lipinski definition) is 4. The molecule has 1 aromatic rings. The Hall–Kier alpha value is -1.36. The van der Waals surface area contributed by atoms with Gasteiger partial charge in [0.2, 0.25) is 0 Å². The van der Waals surface area contributed by atoms with Gasteiger partial charge in [0.15, 0.2) is 0 Å². The molecule has 0 spiro atoms. The molecule has 0 unspecified atom stereocenters. The van der Waals surface area contributed by atoms with Crippen molar-refractivity contribution in [2.24, 2.45) is 10.7 Å². The Balaban J connectivity index is 3.14. The molecule has 0 radical (unpaired) electrons. The molecule has 0 atom stereocenters. The summed E-state index contributed by atoms with van der Waals surface area (Å²) < 4.78 is 0.769. The maximum Gasteiger partial charge on any atom is 0.128 e. The van der Waals surface area contributed by atoms with Crippen LogP contribution in [0.15, 0.2) is 27.8 Å². The lowest BCUT2D eigenvalue weighted by Gasteiger charge is -2.12. The lowest BCUT2D eigenvalue weighted by atomic mass is 10.2. The molecule has 0 aliphatic carbocycles. The van der Waals surface area contributed by atoms with Crippen LogP contribution >= 0.6 is 15.9 Å². The van der Waals surface area contributed by atoms with Gasteiger partial charge in [0.05, 0.1) is 10.2 Å². The maximum absolute atomic E-state index is 5.99. The molecule has 0 aliphatic rings. The minimum absolute atomic E-state index is 0.649. The lowest BCUT2D eigenvalue weighted by Crippen LogP contribution is -2.11. The molecule has 16 heavy (non-hydrogen) atoms. The number of aromatic nitrogens is 1. The van der Waals surface area contributed by atoms with E-state index in [0.29, 0.717) is 5.70 Å². The highest BCUT2D eigenvalue weighted by molar-refractivity contribution is 9.12. The van der Waals surface area contributed by atoms with Crippen LogP contribution in [0.2, 0.25) is 0 Å². The Labute approximate surface area is 104 Å². The van der Waals surface area contributed by atoms with E-state index in [-0.39, 0.29) is 0 Å². The molecule has 0 amide bonds. The topological polar surface area (TPSA) is 54.5 Å². The summed E-state index contributed by atoms with van der Waals surface area (Å²) in [6, 6.07) is 3.80. The van der Waals surface area contributed by atoms with Gasteiger partial charge in [0.1, 0.15) is 5.82 Å². The van der Waals surface area contributed by atoms with Crippen molar-refractivity contribution in [3.8, 4) is 0 Å². The first-order chi connectivity index (χ1) is 7.56. The Morgan fingerprint density at radius 1 is 1.56 bits per heavy atom. The Bertz CT molecular complexity index is 424. The van der Waals surface area contributed by atoms with E-state index in [1.807, 2.05) is 31.1 Å². The van der Waals surface area contributed by atoms with Crippen molar-refractivity contribution in [2.75, 3.05) is 26.0 Å². The molecule has 1 rings (SSSR count). The second-order valence-electron chi connectivity index (χ2n) is 3.45. The summed E-state index contributed by atoms with van der Waals surface area (Å²) in [6.45, 7) is 0. The molecule has 1 aromatic heterocycles. The van der Waals surface area contributed by atoms with E-state index in [4.69, 9.17) is 5.73 Å². The zero-order chi connectivity index (χ0) is 12.1. The fourth-order valence-electron chi connectivity index (χ4n) is 1.15. The number of halogens is 1. The predicted molar refractivity (Wildman–Crippen MR) is 73.0 cm³/mol. The third-order valence-corrected chi connectivity index (χ3v) is 2.65. The highest BCUT2D eigenvalue weighted by atomic mass is 79.9. The van der Waals surface area contributed by atoms with Gasteiger partial charge in [-0.25, -0.2) is 4.98 Å². The summed E-state index contributed by atoms with van der Waals surface area (Å²) in [5.74, 6) is 0.870. The van der Waals surface area contributed by atoms with Gasteiger partial charge in [-0.3, -0.25) is 4.99 Å². The van der Waals surface area contributed by atoms with Crippen molar-refractivity contribution >= 4 is 33.7 Å². The average Bonchev–Trinajstić information content (AvgIpc) is 2.28. The Morgan fingerprint density at radius 2 is 2.25 bits per heavy atom. The fourth-order valence-corrected chi connectivity index (χ4v) is 1.58. The van der Waals surface area contributed by atoms with Crippen LogP contribution in [-0.4, -0.2) is 32.3 Å². The van der Waals surface area contributed by atoms with Crippen LogP contribution in [0.1, 0.15) is 5.56 Å². The Morgan fingerprint density at radius 3 is 2.81 bits per heavy atom. The van der Waals surface area contributed by atoms with E-state index in [0.717, 1.165) is 15.9 Å². The first-order valence-corrected chi connectivity index (χ1v) is 5.56. The van der Waals surface area contributed by atoms with Gasteiger partial charge in [-0.05, 0) is 28.1 Å². The zero-order valence-electron chi connectivity index (χ0n) is 9.61. The van der Waals surface area contributed by atoms with Gasteiger partial charge >= 0.3 is 0 Å². The number of rotatable bonds is 3. The molecule has 0 bridgehead atoms. The zero-order valence-corrected chi connectivity index (χ0v) is 11.2. The van der Waals surface area contributed by atoms with Gasteiger partial charge in [-0.1, -0.05) is 0 Å². The summed E-state index contributed by atoms with van der Waals surface area (Å²) in [4.78, 5) is 10.1. The highest BCUT2D eigenvalue weighted by Gasteiger charge is 2.04. The number of nitrogens with two attached hydrogens (primary N) is 1. The van der Waals surface area contributed by atoms with Crippen LogP contribution in [0.5, 0.6) is 0 Å². The van der Waals surface area contributed by atoms with Crippen molar-refractivity contribution in [2.45, 2.75) is 0 Å². The summed E-state index contributed by atoms with van der Waals surface area (Å²) in [5.41, 5.74) is 7.56. The molecular weight excluding hydrogens is 268 g/mol. The van der Waals surface area contributed by atoms with Crippen molar-refractivity contribution in [1.82, 2.24) is 4.98 Å². The van der Waals surface area contributed by atoms with E-state index in [9.17, 15) is 0 Å². The number of allylic oxidation sites excluding steroid dienone is 1. The molecule has 0 aromatic carbocycles. The van der Waals surface area contributed by atoms with Gasteiger partial charge in [0, 0.05) is 39.1 Å². The molecule has 2 N–H and O–H groups in total. The van der Waals surface area contributed by atoms with Crippen LogP contribution in [0.4, 0.5) is 5.82 Å². The van der Waals surface area contributed by atoms with Crippen LogP contribution in [0.3, 0.4) is 0 Å². The molecule has 0 aliphatic heterocycles. The molecule has 0 saturated heterocycles. The molecule has 0 saturated carbocycles. The predicted octanol–water partition coefficient (Wildman–Crippen LogP) is 1.87. The molecule has 0 fully saturated rings. The van der Waals surface area contributed by atoms with E-state index < -0.39 is 0 Å². The number of nitrogens with zero attached hydrogens (tertiary/aromatic N) is 3. The summed E-state index contributed by atoms with van der Waals surface area (Å²) >= 11 is 3.37. The van der Waals surface area contributed by atoms with Crippen LogP contribution < -0.4 is 10.6 Å². The minimum Gasteiger partial charge on any atom is -0.397 e. The number of pyridine rings is 1. The standard InChI is InChI=1S/C11H15BrN4/c1-14-7-9(12)11(13)8-4-5-15-10(6-8)16(2)3/h4-7H,13H2,1-3H3. The Kier molecular flexibility index (Phi) is 4.49. The molecular formula is C11H15BrN4. The molecule has 86 valence electrons. The highest BCUT2D eigenvalue weighted by Crippen LogP contribution is 2.19. The van der Waals surface area contributed by atoms with Crippen LogP contribution in [0, 0.1) is 0 Å². The normalized spacial score (nSPS) is 12.8. The fraction of sp³-hybridized carbons (Fsp3) is 0.273. The quantitative estimate of drug-likeness (QED) is 0.862. The first kappa shape index (κ1) is 12.7. The summed E-state index contributed by atoms with van der Waals surface area (Å²) in [6.07, 6.45) is 3.41.